The van der Waals surface area contributed by atoms with Crippen LogP contribution in [0.5, 0.6) is 0 Å². The zero-order chi connectivity index (χ0) is 15.0. The molecule has 1 aliphatic rings. The van der Waals surface area contributed by atoms with E-state index < -0.39 is 17.5 Å². The SMILES string of the molecule is C[C@H](N[S+]([O-])C(C)(C)C)[C@H]1C[C@@H](NC(=O)O)C1(C)C. The maximum Gasteiger partial charge on any atom is 0.404 e. The molecule has 0 heterocycles. The molecule has 4 atom stereocenters. The van der Waals surface area contributed by atoms with Crippen LogP contribution in [0.15, 0.2) is 0 Å². The average molecular weight is 290 g/mol. The van der Waals surface area contributed by atoms with Crippen molar-refractivity contribution in [3.63, 3.8) is 0 Å². The zero-order valence-corrected chi connectivity index (χ0v) is 13.4. The highest BCUT2D eigenvalue weighted by molar-refractivity contribution is 7.90. The van der Waals surface area contributed by atoms with Crippen molar-refractivity contribution in [2.24, 2.45) is 11.3 Å². The van der Waals surface area contributed by atoms with Crippen molar-refractivity contribution in [1.82, 2.24) is 10.0 Å². The van der Waals surface area contributed by atoms with Gasteiger partial charge in [-0.1, -0.05) is 13.8 Å². The smallest absolute Gasteiger partial charge is 0.404 e. The molecule has 1 fully saturated rings. The minimum absolute atomic E-state index is 0.0256. The van der Waals surface area contributed by atoms with Crippen LogP contribution in [-0.4, -0.2) is 32.6 Å². The van der Waals surface area contributed by atoms with Crippen molar-refractivity contribution >= 4 is 17.5 Å². The van der Waals surface area contributed by atoms with E-state index in [2.05, 4.69) is 23.9 Å². The van der Waals surface area contributed by atoms with Gasteiger partial charge in [0, 0.05) is 17.4 Å². The van der Waals surface area contributed by atoms with E-state index in [1.807, 2.05) is 27.7 Å². The van der Waals surface area contributed by atoms with Gasteiger partial charge in [0.1, 0.15) is 4.75 Å². The van der Waals surface area contributed by atoms with Crippen LogP contribution in [0.4, 0.5) is 4.79 Å². The molecule has 0 radical (unpaired) electrons. The maximum absolute atomic E-state index is 12.1. The molecule has 1 amide bonds. The van der Waals surface area contributed by atoms with E-state index in [1.165, 1.54) is 0 Å². The Morgan fingerprint density at radius 3 is 2.37 bits per heavy atom. The lowest BCUT2D eigenvalue weighted by Crippen LogP contribution is -2.63. The Morgan fingerprint density at radius 1 is 1.47 bits per heavy atom. The molecular formula is C13H26N2O3S. The van der Waals surface area contributed by atoms with Gasteiger partial charge in [-0.05, 0) is 45.4 Å². The number of carboxylic acid groups (broad SMARTS) is 1. The highest BCUT2D eigenvalue weighted by Crippen LogP contribution is 2.48. The molecule has 3 N–H and O–H groups in total. The lowest BCUT2D eigenvalue weighted by molar-refractivity contribution is -0.000692. The second-order valence-electron chi connectivity index (χ2n) is 6.95. The summed E-state index contributed by atoms with van der Waals surface area (Å²) >= 11 is -1.10. The molecule has 1 unspecified atom stereocenters. The summed E-state index contributed by atoms with van der Waals surface area (Å²) in [4.78, 5) is 10.7. The second-order valence-corrected chi connectivity index (χ2v) is 8.95. The largest absolute Gasteiger partial charge is 0.598 e. The van der Waals surface area contributed by atoms with Gasteiger partial charge < -0.3 is 15.0 Å². The zero-order valence-electron chi connectivity index (χ0n) is 12.6. The van der Waals surface area contributed by atoms with Crippen molar-refractivity contribution in [2.45, 2.75) is 64.8 Å². The standard InChI is InChI=1S/C13H26N2O3S/c1-8(15-19(18)12(2,3)4)9-7-10(13(9,5)6)14-11(16)17/h8-10,14-15H,7H2,1-6H3,(H,16,17)/t8-,9+,10+,19?/m0/s1. The normalized spacial score (nSPS) is 29.2. The molecule has 5 nitrogen and oxygen atoms in total. The Balaban J connectivity index is 2.57. The third kappa shape index (κ3) is 3.77. The van der Waals surface area contributed by atoms with E-state index in [1.54, 1.807) is 0 Å². The van der Waals surface area contributed by atoms with Gasteiger partial charge in [-0.15, -0.1) is 4.72 Å². The van der Waals surface area contributed by atoms with E-state index in [0.717, 1.165) is 6.42 Å². The third-order valence-corrected chi connectivity index (χ3v) is 5.79. The topological polar surface area (TPSA) is 84.4 Å². The molecule has 0 saturated heterocycles. The van der Waals surface area contributed by atoms with Gasteiger partial charge >= 0.3 is 6.09 Å². The van der Waals surface area contributed by atoms with Crippen LogP contribution in [-0.2, 0) is 11.4 Å². The Kier molecular flexibility index (Phi) is 4.80. The predicted molar refractivity (Wildman–Crippen MR) is 77.3 cm³/mol. The monoisotopic (exact) mass is 290 g/mol. The minimum atomic E-state index is -1.10. The van der Waals surface area contributed by atoms with Gasteiger partial charge in [-0.25, -0.2) is 4.79 Å². The molecule has 1 saturated carbocycles. The first-order chi connectivity index (χ1) is 8.46. The van der Waals surface area contributed by atoms with Crippen molar-refractivity contribution in [3.05, 3.63) is 0 Å². The molecular weight excluding hydrogens is 264 g/mol. The summed E-state index contributed by atoms with van der Waals surface area (Å²) in [6.07, 6.45) is -0.190. The summed E-state index contributed by atoms with van der Waals surface area (Å²) in [5.74, 6) is 0.315. The number of nitrogens with one attached hydrogen (secondary N) is 2. The molecule has 0 aromatic heterocycles. The fourth-order valence-electron chi connectivity index (χ4n) is 2.63. The van der Waals surface area contributed by atoms with E-state index in [0.29, 0.717) is 5.92 Å². The van der Waals surface area contributed by atoms with Gasteiger partial charge in [-0.3, -0.25) is 0 Å². The molecule has 0 bridgehead atoms. The van der Waals surface area contributed by atoms with E-state index in [4.69, 9.17) is 5.11 Å². The number of carbonyl (C=O) groups is 1. The quantitative estimate of drug-likeness (QED) is 0.692. The van der Waals surface area contributed by atoms with Gasteiger partial charge in [0.2, 0.25) is 0 Å². The maximum atomic E-state index is 12.1. The van der Waals surface area contributed by atoms with Gasteiger partial charge in [0.25, 0.3) is 0 Å². The van der Waals surface area contributed by atoms with Crippen LogP contribution < -0.4 is 10.0 Å². The molecule has 0 aliphatic heterocycles. The first kappa shape index (κ1) is 16.6. The minimum Gasteiger partial charge on any atom is -0.598 e. The van der Waals surface area contributed by atoms with Gasteiger partial charge in [0.15, 0.2) is 0 Å². The van der Waals surface area contributed by atoms with Crippen molar-refractivity contribution < 1.29 is 14.5 Å². The van der Waals surface area contributed by atoms with Crippen molar-refractivity contribution in [1.29, 1.82) is 0 Å². The van der Waals surface area contributed by atoms with Crippen LogP contribution in [0.3, 0.4) is 0 Å². The lowest BCUT2D eigenvalue weighted by Gasteiger charge is -2.54. The van der Waals surface area contributed by atoms with Crippen LogP contribution in [0.25, 0.3) is 0 Å². The van der Waals surface area contributed by atoms with Gasteiger partial charge in [0.05, 0.1) is 6.04 Å². The fraction of sp³-hybridized carbons (Fsp3) is 0.923. The van der Waals surface area contributed by atoms with E-state index in [9.17, 15) is 9.35 Å². The van der Waals surface area contributed by atoms with Crippen molar-refractivity contribution in [2.75, 3.05) is 0 Å². The first-order valence-electron chi connectivity index (χ1n) is 6.63. The Labute approximate surface area is 118 Å². The Hall–Kier alpha value is -0.460. The highest BCUT2D eigenvalue weighted by Gasteiger charge is 2.52. The molecule has 0 aromatic rings. The van der Waals surface area contributed by atoms with Crippen LogP contribution in [0, 0.1) is 11.3 Å². The number of hydrogen-bond acceptors (Lipinski definition) is 3. The summed E-state index contributed by atoms with van der Waals surface area (Å²) < 4.78 is 14.9. The summed E-state index contributed by atoms with van der Waals surface area (Å²) in [7, 11) is 0. The summed E-state index contributed by atoms with van der Waals surface area (Å²) in [6.45, 7) is 11.9. The summed E-state index contributed by atoms with van der Waals surface area (Å²) in [5, 5.41) is 11.3. The molecule has 112 valence electrons. The molecule has 0 aromatic carbocycles. The average Bonchev–Trinajstić information content (AvgIpc) is 2.21. The Morgan fingerprint density at radius 2 is 2.00 bits per heavy atom. The molecule has 19 heavy (non-hydrogen) atoms. The number of hydrogen-bond donors (Lipinski definition) is 3. The lowest BCUT2D eigenvalue weighted by atomic mass is 9.56. The van der Waals surface area contributed by atoms with Crippen LogP contribution in [0.2, 0.25) is 0 Å². The molecule has 0 spiro atoms. The van der Waals surface area contributed by atoms with Crippen molar-refractivity contribution in [3.8, 4) is 0 Å². The van der Waals surface area contributed by atoms with Gasteiger partial charge in [-0.2, -0.15) is 0 Å². The number of amides is 1. The number of rotatable bonds is 4. The van der Waals surface area contributed by atoms with E-state index in [-0.39, 0.29) is 22.2 Å². The highest BCUT2D eigenvalue weighted by atomic mass is 32.2. The predicted octanol–water partition coefficient (Wildman–Crippen LogP) is 2.11. The summed E-state index contributed by atoms with van der Waals surface area (Å²) in [5.41, 5.74) is -0.118. The first-order valence-corrected chi connectivity index (χ1v) is 7.78. The molecule has 1 aliphatic carbocycles. The summed E-state index contributed by atoms with van der Waals surface area (Å²) in [6, 6.07) is 0.0734. The third-order valence-electron chi connectivity index (χ3n) is 4.09. The molecule has 1 rings (SSSR count). The Bertz CT molecular complexity index is 341. The molecule has 6 heteroatoms. The van der Waals surface area contributed by atoms with Crippen LogP contribution >= 0.6 is 0 Å². The van der Waals surface area contributed by atoms with Crippen LogP contribution in [0.1, 0.15) is 48.0 Å². The fourth-order valence-corrected chi connectivity index (χ4v) is 3.49. The second kappa shape index (κ2) is 5.50. The van der Waals surface area contributed by atoms with E-state index >= 15 is 0 Å².